The summed E-state index contributed by atoms with van der Waals surface area (Å²) < 4.78 is 10.6. The number of methoxy groups -OCH3 is 1. The third kappa shape index (κ3) is 5.19. The van der Waals surface area contributed by atoms with Gasteiger partial charge >= 0.3 is 5.97 Å². The molecule has 2 N–H and O–H groups in total. The van der Waals surface area contributed by atoms with Gasteiger partial charge in [0.15, 0.2) is 0 Å². The Morgan fingerprint density at radius 3 is 2.48 bits per heavy atom. The molecule has 0 saturated heterocycles. The molecular weight excluding hydrogens is 488 g/mol. The molecule has 2 aromatic carbocycles. The van der Waals surface area contributed by atoms with Crippen molar-refractivity contribution in [2.75, 3.05) is 7.11 Å². The van der Waals surface area contributed by atoms with Crippen LogP contribution in [0.5, 0.6) is 5.75 Å². The molecule has 0 bridgehead atoms. The number of amides is 2. The molecular formula is C22H22BrClN2O5. The van der Waals surface area contributed by atoms with Gasteiger partial charge in [0.25, 0.3) is 5.91 Å². The highest BCUT2D eigenvalue weighted by atomic mass is 79.9. The van der Waals surface area contributed by atoms with Gasteiger partial charge in [0.1, 0.15) is 18.4 Å². The zero-order valence-electron chi connectivity index (χ0n) is 16.9. The zero-order chi connectivity index (χ0) is 22.5. The summed E-state index contributed by atoms with van der Waals surface area (Å²) in [5.74, 6) is -1.12. The van der Waals surface area contributed by atoms with Crippen molar-refractivity contribution in [2.24, 2.45) is 5.73 Å². The van der Waals surface area contributed by atoms with Crippen molar-refractivity contribution in [1.82, 2.24) is 4.90 Å². The van der Waals surface area contributed by atoms with Gasteiger partial charge in [-0.25, -0.2) is 0 Å². The molecule has 2 aromatic rings. The van der Waals surface area contributed by atoms with Crippen LogP contribution in [0.3, 0.4) is 0 Å². The summed E-state index contributed by atoms with van der Waals surface area (Å²) in [6.07, 6.45) is 0.0460. The van der Waals surface area contributed by atoms with Crippen molar-refractivity contribution < 1.29 is 23.9 Å². The second kappa shape index (κ2) is 10.2. The van der Waals surface area contributed by atoms with Gasteiger partial charge in [-0.1, -0.05) is 51.8 Å². The van der Waals surface area contributed by atoms with Crippen LogP contribution >= 0.6 is 27.5 Å². The van der Waals surface area contributed by atoms with Crippen LogP contribution in [0.4, 0.5) is 0 Å². The monoisotopic (exact) mass is 508 g/mol. The number of benzene rings is 2. The summed E-state index contributed by atoms with van der Waals surface area (Å²) in [5.41, 5.74) is 8.62. The molecule has 0 radical (unpaired) electrons. The Labute approximate surface area is 193 Å². The summed E-state index contributed by atoms with van der Waals surface area (Å²) in [5, 5.41) is 1.14. The molecule has 1 aliphatic heterocycles. The maximum atomic E-state index is 13.0. The molecule has 7 nitrogen and oxygen atoms in total. The van der Waals surface area contributed by atoms with Crippen molar-refractivity contribution in [3.8, 4) is 5.75 Å². The number of carbonyl (C=O) groups excluding carboxylic acids is 3. The van der Waals surface area contributed by atoms with Crippen LogP contribution in [0.15, 0.2) is 36.4 Å². The molecule has 0 fully saturated rings. The number of alkyl halides is 1. The number of nitrogens with zero attached hydrogens (tertiary/aromatic N) is 1. The lowest BCUT2D eigenvalue weighted by Gasteiger charge is -2.24. The Hall–Kier alpha value is -2.58. The molecule has 0 aromatic heterocycles. The van der Waals surface area contributed by atoms with Gasteiger partial charge in [0.05, 0.1) is 18.7 Å². The highest BCUT2D eigenvalue weighted by Gasteiger charge is 2.38. The molecule has 31 heavy (non-hydrogen) atoms. The summed E-state index contributed by atoms with van der Waals surface area (Å²) in [4.78, 5) is 37.8. The molecule has 9 heteroatoms. The second-order valence-electron chi connectivity index (χ2n) is 7.11. The van der Waals surface area contributed by atoms with Crippen LogP contribution in [0, 0.1) is 0 Å². The van der Waals surface area contributed by atoms with E-state index >= 15 is 0 Å². The number of primary amides is 1. The van der Waals surface area contributed by atoms with E-state index in [-0.39, 0.29) is 31.9 Å². The number of nitrogens with two attached hydrogens (primary N) is 1. The van der Waals surface area contributed by atoms with Gasteiger partial charge in [0.2, 0.25) is 5.91 Å². The first-order valence-corrected chi connectivity index (χ1v) is 11.1. The van der Waals surface area contributed by atoms with E-state index in [9.17, 15) is 14.4 Å². The number of halogens is 2. The van der Waals surface area contributed by atoms with Gasteiger partial charge in [0, 0.05) is 22.9 Å². The Kier molecular flexibility index (Phi) is 7.56. The Morgan fingerprint density at radius 1 is 1.19 bits per heavy atom. The maximum absolute atomic E-state index is 13.0. The summed E-state index contributed by atoms with van der Waals surface area (Å²) in [6.45, 7) is 0.385. The maximum Gasteiger partial charge on any atom is 0.305 e. The van der Waals surface area contributed by atoms with Gasteiger partial charge in [-0.15, -0.1) is 0 Å². The first kappa shape index (κ1) is 23.1. The first-order valence-electron chi connectivity index (χ1n) is 9.60. The summed E-state index contributed by atoms with van der Waals surface area (Å²) in [6, 6.07) is 10.2. The number of hydrogen-bond donors (Lipinski definition) is 1. The van der Waals surface area contributed by atoms with Gasteiger partial charge in [-0.2, -0.15) is 0 Å². The van der Waals surface area contributed by atoms with Crippen LogP contribution in [-0.2, 0) is 32.8 Å². The predicted molar refractivity (Wildman–Crippen MR) is 119 cm³/mol. The van der Waals surface area contributed by atoms with Crippen molar-refractivity contribution in [2.45, 2.75) is 37.4 Å². The number of fused-ring (bicyclic) bond motifs is 1. The normalized spacial score (nSPS) is 13.6. The molecule has 164 valence electrons. The topological polar surface area (TPSA) is 98.9 Å². The Balaban J connectivity index is 1.80. The average Bonchev–Trinajstić information content (AvgIpc) is 3.09. The fraction of sp³-hybridized carbons (Fsp3) is 0.318. The molecule has 1 aliphatic rings. The lowest BCUT2D eigenvalue weighted by atomic mass is 10.1. The molecule has 1 atom stereocenters. The largest absolute Gasteiger partial charge is 0.487 e. The number of carbonyl (C=O) groups is 3. The van der Waals surface area contributed by atoms with E-state index in [4.69, 9.17) is 22.1 Å². The highest BCUT2D eigenvalue weighted by molar-refractivity contribution is 9.08. The lowest BCUT2D eigenvalue weighted by molar-refractivity contribution is -0.141. The SMILES string of the molecule is COC(=O)CCC(C(N)=O)N1Cc2c(ccc(Cl)c2OCc2ccc(CBr)cc2)C1=O. The van der Waals surface area contributed by atoms with Gasteiger partial charge < -0.3 is 20.1 Å². The van der Waals surface area contributed by atoms with Gasteiger partial charge in [-0.3, -0.25) is 14.4 Å². The molecule has 2 amide bonds. The first-order chi connectivity index (χ1) is 14.8. The highest BCUT2D eigenvalue weighted by Crippen LogP contribution is 2.38. The van der Waals surface area contributed by atoms with Crippen LogP contribution < -0.4 is 10.5 Å². The van der Waals surface area contributed by atoms with Crippen molar-refractivity contribution in [3.05, 3.63) is 63.7 Å². The minimum Gasteiger partial charge on any atom is -0.487 e. The second-order valence-corrected chi connectivity index (χ2v) is 8.08. The van der Waals surface area contributed by atoms with E-state index in [1.54, 1.807) is 12.1 Å². The van der Waals surface area contributed by atoms with E-state index in [1.165, 1.54) is 12.0 Å². The number of hydrogen-bond acceptors (Lipinski definition) is 5. The third-order valence-electron chi connectivity index (χ3n) is 5.15. The van der Waals surface area contributed by atoms with Crippen molar-refractivity contribution in [1.29, 1.82) is 0 Å². The van der Waals surface area contributed by atoms with Gasteiger partial charge in [-0.05, 0) is 29.7 Å². The van der Waals surface area contributed by atoms with E-state index in [0.29, 0.717) is 21.9 Å². The Bertz CT molecular complexity index is 996. The van der Waals surface area contributed by atoms with E-state index in [1.807, 2.05) is 24.3 Å². The molecule has 3 rings (SSSR count). The average molecular weight is 510 g/mol. The third-order valence-corrected chi connectivity index (χ3v) is 6.09. The van der Waals surface area contributed by atoms with Crippen LogP contribution in [0.1, 0.15) is 39.9 Å². The van der Waals surface area contributed by atoms with Crippen molar-refractivity contribution in [3.63, 3.8) is 0 Å². The minimum atomic E-state index is -0.942. The smallest absolute Gasteiger partial charge is 0.305 e. The predicted octanol–water partition coefficient (Wildman–Crippen LogP) is 3.58. The quantitative estimate of drug-likeness (QED) is 0.411. The van der Waals surface area contributed by atoms with Crippen molar-refractivity contribution >= 4 is 45.3 Å². The van der Waals surface area contributed by atoms with Crippen LogP contribution in [0.25, 0.3) is 0 Å². The molecule has 0 spiro atoms. The van der Waals surface area contributed by atoms with Crippen LogP contribution in [0.2, 0.25) is 5.02 Å². The molecule has 0 aliphatic carbocycles. The number of ether oxygens (including phenoxy) is 2. The zero-order valence-corrected chi connectivity index (χ0v) is 19.2. The standard InChI is InChI=1S/C22H22BrClN2O5/c1-30-19(27)9-8-18(21(25)28)26-11-16-15(22(26)29)6-7-17(24)20(16)31-12-14-4-2-13(10-23)3-5-14/h2-7,18H,8-12H2,1H3,(H2,25,28). The lowest BCUT2D eigenvalue weighted by Crippen LogP contribution is -2.45. The fourth-order valence-corrected chi connectivity index (χ4v) is 4.06. The van der Waals surface area contributed by atoms with E-state index in [0.717, 1.165) is 16.5 Å². The summed E-state index contributed by atoms with van der Waals surface area (Å²) >= 11 is 9.78. The summed E-state index contributed by atoms with van der Waals surface area (Å²) in [7, 11) is 1.26. The number of esters is 1. The minimum absolute atomic E-state index is 0.0290. The van der Waals surface area contributed by atoms with E-state index in [2.05, 4.69) is 20.7 Å². The fourth-order valence-electron chi connectivity index (χ4n) is 3.45. The molecule has 0 saturated carbocycles. The number of rotatable bonds is 9. The molecule has 1 heterocycles. The Morgan fingerprint density at radius 2 is 1.87 bits per heavy atom. The van der Waals surface area contributed by atoms with E-state index < -0.39 is 17.9 Å². The van der Waals surface area contributed by atoms with Crippen LogP contribution in [-0.4, -0.2) is 35.8 Å². The molecule has 1 unspecified atom stereocenters.